The molecule has 0 spiro atoms. The van der Waals surface area contributed by atoms with E-state index in [-0.39, 0.29) is 11.0 Å². The molecule has 1 aliphatic rings. The van der Waals surface area contributed by atoms with Gasteiger partial charge in [0.15, 0.2) is 11.5 Å². The van der Waals surface area contributed by atoms with Gasteiger partial charge in [-0.05, 0) is 60.8 Å². The van der Waals surface area contributed by atoms with Gasteiger partial charge in [0.2, 0.25) is 6.79 Å². The Hall–Kier alpha value is -3.37. The quantitative estimate of drug-likeness (QED) is 0.448. The molecule has 0 saturated carbocycles. The SMILES string of the molecule is CC(=NNC(=O)c1ccc(NS(=O)(=O)c2cccs2)cc1)c1ccc2c(c1)OCO2. The molecule has 0 atom stereocenters. The minimum absolute atomic E-state index is 0.186. The second-order valence-corrected chi connectivity index (χ2v) is 9.18. The van der Waals surface area contributed by atoms with E-state index in [1.807, 2.05) is 6.07 Å². The third-order valence-electron chi connectivity index (χ3n) is 4.27. The number of carbonyl (C=O) groups is 1. The van der Waals surface area contributed by atoms with Crippen molar-refractivity contribution in [1.82, 2.24) is 5.43 Å². The first-order valence-corrected chi connectivity index (χ1v) is 11.2. The van der Waals surface area contributed by atoms with Gasteiger partial charge in [0.25, 0.3) is 15.9 Å². The summed E-state index contributed by atoms with van der Waals surface area (Å²) in [5.74, 6) is 0.891. The molecule has 2 heterocycles. The number of hydrogen-bond acceptors (Lipinski definition) is 7. The summed E-state index contributed by atoms with van der Waals surface area (Å²) in [7, 11) is -3.63. The van der Waals surface area contributed by atoms with Crippen LogP contribution in [0.3, 0.4) is 0 Å². The Kier molecular flexibility index (Phi) is 5.42. The fourth-order valence-corrected chi connectivity index (χ4v) is 4.75. The van der Waals surface area contributed by atoms with Crippen LogP contribution < -0.4 is 19.6 Å². The number of fused-ring (bicyclic) bond motifs is 1. The minimum Gasteiger partial charge on any atom is -0.454 e. The van der Waals surface area contributed by atoms with Gasteiger partial charge in [-0.3, -0.25) is 9.52 Å². The summed E-state index contributed by atoms with van der Waals surface area (Å²) in [5, 5.41) is 5.81. The van der Waals surface area contributed by atoms with Crippen molar-refractivity contribution in [3.63, 3.8) is 0 Å². The van der Waals surface area contributed by atoms with Crippen LogP contribution in [0.5, 0.6) is 11.5 Å². The molecule has 1 aromatic heterocycles. The fraction of sp³-hybridized carbons (Fsp3) is 0.100. The number of nitrogens with zero attached hydrogens (tertiary/aromatic N) is 1. The molecule has 0 fully saturated rings. The van der Waals surface area contributed by atoms with Crippen molar-refractivity contribution in [2.75, 3.05) is 11.5 Å². The largest absolute Gasteiger partial charge is 0.454 e. The van der Waals surface area contributed by atoms with E-state index in [0.29, 0.717) is 28.5 Å². The Morgan fingerprint density at radius 3 is 2.50 bits per heavy atom. The third-order valence-corrected chi connectivity index (χ3v) is 7.05. The Morgan fingerprint density at radius 1 is 1.03 bits per heavy atom. The van der Waals surface area contributed by atoms with E-state index in [0.717, 1.165) is 16.9 Å². The standard InChI is InChI=1S/C20H17N3O5S2/c1-13(15-6-9-17-18(11-15)28-12-27-17)21-22-20(24)14-4-7-16(8-5-14)23-30(25,26)19-3-2-10-29-19/h2-11,23H,12H2,1H3,(H,22,24). The molecule has 30 heavy (non-hydrogen) atoms. The lowest BCUT2D eigenvalue weighted by Crippen LogP contribution is -2.19. The molecule has 8 nitrogen and oxygen atoms in total. The zero-order chi connectivity index (χ0) is 21.1. The molecular weight excluding hydrogens is 426 g/mol. The molecule has 0 aliphatic carbocycles. The highest BCUT2D eigenvalue weighted by Crippen LogP contribution is 2.32. The van der Waals surface area contributed by atoms with Crippen molar-refractivity contribution in [3.05, 3.63) is 71.1 Å². The second-order valence-electron chi connectivity index (χ2n) is 6.32. The van der Waals surface area contributed by atoms with Crippen LogP contribution in [0.4, 0.5) is 5.69 Å². The summed E-state index contributed by atoms with van der Waals surface area (Å²) in [5.41, 5.74) is 4.59. The summed E-state index contributed by atoms with van der Waals surface area (Å²) < 4.78 is 37.8. The Bertz CT molecular complexity index is 1200. The number of thiophene rings is 1. The number of ether oxygens (including phenoxy) is 2. The average molecular weight is 444 g/mol. The van der Waals surface area contributed by atoms with Crippen molar-refractivity contribution in [1.29, 1.82) is 0 Å². The van der Waals surface area contributed by atoms with Gasteiger partial charge in [-0.25, -0.2) is 13.8 Å². The number of rotatable bonds is 6. The van der Waals surface area contributed by atoms with Crippen molar-refractivity contribution in [3.8, 4) is 11.5 Å². The maximum Gasteiger partial charge on any atom is 0.271 e. The van der Waals surface area contributed by atoms with Crippen molar-refractivity contribution in [2.24, 2.45) is 5.10 Å². The Balaban J connectivity index is 1.41. The lowest BCUT2D eigenvalue weighted by Gasteiger charge is -2.07. The van der Waals surface area contributed by atoms with E-state index in [2.05, 4.69) is 15.2 Å². The number of amides is 1. The number of hydrogen-bond donors (Lipinski definition) is 2. The van der Waals surface area contributed by atoms with Crippen LogP contribution in [0.25, 0.3) is 0 Å². The second kappa shape index (κ2) is 8.17. The third kappa shape index (κ3) is 4.29. The minimum atomic E-state index is -3.63. The van der Waals surface area contributed by atoms with Gasteiger partial charge in [0.1, 0.15) is 4.21 Å². The number of carbonyl (C=O) groups excluding carboxylic acids is 1. The predicted molar refractivity (Wildman–Crippen MR) is 114 cm³/mol. The Morgan fingerprint density at radius 2 is 1.77 bits per heavy atom. The highest BCUT2D eigenvalue weighted by atomic mass is 32.2. The molecule has 10 heteroatoms. The normalized spacial score (nSPS) is 13.2. The van der Waals surface area contributed by atoms with Gasteiger partial charge in [-0.1, -0.05) is 6.07 Å². The molecule has 2 aromatic carbocycles. The molecule has 4 rings (SSSR count). The maximum atomic E-state index is 12.4. The molecule has 0 saturated heterocycles. The van der Waals surface area contributed by atoms with Crippen LogP contribution in [-0.2, 0) is 10.0 Å². The first-order valence-electron chi connectivity index (χ1n) is 8.83. The van der Waals surface area contributed by atoms with E-state index < -0.39 is 15.9 Å². The van der Waals surface area contributed by atoms with E-state index >= 15 is 0 Å². The molecule has 3 aromatic rings. The number of anilines is 1. The fourth-order valence-electron chi connectivity index (χ4n) is 2.70. The monoisotopic (exact) mass is 443 g/mol. The summed E-state index contributed by atoms with van der Waals surface area (Å²) in [6.07, 6.45) is 0. The molecule has 1 amide bonds. The molecule has 0 bridgehead atoms. The van der Waals surface area contributed by atoms with Crippen LogP contribution >= 0.6 is 11.3 Å². The van der Waals surface area contributed by atoms with Crippen LogP contribution in [0.2, 0.25) is 0 Å². The van der Waals surface area contributed by atoms with Crippen LogP contribution in [-0.4, -0.2) is 26.8 Å². The van der Waals surface area contributed by atoms with Gasteiger partial charge in [0, 0.05) is 16.8 Å². The van der Waals surface area contributed by atoms with E-state index in [1.54, 1.807) is 30.5 Å². The zero-order valence-corrected chi connectivity index (χ0v) is 17.4. The first-order chi connectivity index (χ1) is 14.4. The summed E-state index contributed by atoms with van der Waals surface area (Å²) in [6, 6.07) is 14.7. The smallest absolute Gasteiger partial charge is 0.271 e. The highest BCUT2D eigenvalue weighted by molar-refractivity contribution is 7.94. The number of sulfonamides is 1. The van der Waals surface area contributed by atoms with Gasteiger partial charge in [-0.2, -0.15) is 5.10 Å². The first kappa shape index (κ1) is 19.9. The zero-order valence-electron chi connectivity index (χ0n) is 15.8. The van der Waals surface area contributed by atoms with Gasteiger partial charge >= 0.3 is 0 Å². The highest BCUT2D eigenvalue weighted by Gasteiger charge is 2.16. The van der Waals surface area contributed by atoms with Gasteiger partial charge in [0.05, 0.1) is 5.71 Å². The number of nitrogens with one attached hydrogen (secondary N) is 2. The maximum absolute atomic E-state index is 12.4. The summed E-state index contributed by atoms with van der Waals surface area (Å²) >= 11 is 1.13. The molecule has 2 N–H and O–H groups in total. The molecular formula is C20H17N3O5S2. The van der Waals surface area contributed by atoms with Crippen LogP contribution in [0.1, 0.15) is 22.8 Å². The van der Waals surface area contributed by atoms with Gasteiger partial charge in [-0.15, -0.1) is 11.3 Å². The van der Waals surface area contributed by atoms with E-state index in [4.69, 9.17) is 9.47 Å². The lowest BCUT2D eigenvalue weighted by molar-refractivity contribution is 0.0955. The van der Waals surface area contributed by atoms with Crippen molar-refractivity contribution < 1.29 is 22.7 Å². The molecule has 154 valence electrons. The summed E-state index contributed by atoms with van der Waals surface area (Å²) in [4.78, 5) is 12.4. The molecule has 1 aliphatic heterocycles. The predicted octanol–water partition coefficient (Wildman–Crippen LogP) is 3.43. The number of benzene rings is 2. The average Bonchev–Trinajstić information content (AvgIpc) is 3.43. The topological polar surface area (TPSA) is 106 Å². The Labute approximate surface area is 177 Å². The van der Waals surface area contributed by atoms with Crippen LogP contribution in [0, 0.1) is 0 Å². The van der Waals surface area contributed by atoms with E-state index in [1.165, 1.54) is 30.3 Å². The molecule has 0 radical (unpaired) electrons. The summed E-state index contributed by atoms with van der Waals surface area (Å²) in [6.45, 7) is 1.95. The van der Waals surface area contributed by atoms with E-state index in [9.17, 15) is 13.2 Å². The van der Waals surface area contributed by atoms with Crippen molar-refractivity contribution >= 4 is 38.7 Å². The molecule has 0 unspecified atom stereocenters. The van der Waals surface area contributed by atoms with Gasteiger partial charge < -0.3 is 9.47 Å². The van der Waals surface area contributed by atoms with Crippen LogP contribution in [0.15, 0.2) is 69.3 Å². The lowest BCUT2D eigenvalue weighted by atomic mass is 10.1. The number of hydrazone groups is 1. The van der Waals surface area contributed by atoms with Crippen molar-refractivity contribution in [2.45, 2.75) is 11.1 Å².